The summed E-state index contributed by atoms with van der Waals surface area (Å²) in [4.78, 5) is 0. The molecule has 1 fully saturated rings. The van der Waals surface area contributed by atoms with E-state index in [1.54, 1.807) is 12.1 Å². The first-order valence-corrected chi connectivity index (χ1v) is 6.62. The molecule has 0 bridgehead atoms. The summed E-state index contributed by atoms with van der Waals surface area (Å²) in [6, 6.07) is 5.31. The number of amidine groups is 1. The van der Waals surface area contributed by atoms with Crippen molar-refractivity contribution in [3.05, 3.63) is 35.1 Å². The number of benzene rings is 1. The van der Waals surface area contributed by atoms with E-state index in [9.17, 15) is 4.39 Å². The molecule has 19 heavy (non-hydrogen) atoms. The first kappa shape index (κ1) is 13.8. The minimum absolute atomic E-state index is 0.137. The van der Waals surface area contributed by atoms with Gasteiger partial charge in [-0.15, -0.1) is 0 Å². The van der Waals surface area contributed by atoms with Crippen LogP contribution in [-0.4, -0.2) is 17.1 Å². The van der Waals surface area contributed by atoms with Gasteiger partial charge in [0, 0.05) is 18.2 Å². The van der Waals surface area contributed by atoms with Crippen LogP contribution >= 0.6 is 0 Å². The maximum Gasteiger partial charge on any atom is 0.173 e. The molecule has 1 aliphatic carbocycles. The number of nitrogens with two attached hydrogens (primary N) is 1. The summed E-state index contributed by atoms with van der Waals surface area (Å²) in [7, 11) is 0. The van der Waals surface area contributed by atoms with Gasteiger partial charge in [-0.1, -0.05) is 23.7 Å². The molecule has 0 aliphatic heterocycles. The van der Waals surface area contributed by atoms with Crippen molar-refractivity contribution in [1.29, 1.82) is 0 Å². The number of hydrogen-bond donors (Lipinski definition) is 3. The van der Waals surface area contributed by atoms with Gasteiger partial charge in [-0.25, -0.2) is 4.39 Å². The van der Waals surface area contributed by atoms with Gasteiger partial charge in [-0.05, 0) is 31.7 Å². The molecule has 0 spiro atoms. The molecule has 4 nitrogen and oxygen atoms in total. The topological polar surface area (TPSA) is 70.6 Å². The summed E-state index contributed by atoms with van der Waals surface area (Å²) >= 11 is 0. The molecule has 5 heteroatoms. The second kappa shape index (κ2) is 6.02. The third kappa shape index (κ3) is 3.04. The van der Waals surface area contributed by atoms with E-state index in [-0.39, 0.29) is 11.4 Å². The standard InChI is InChI=1S/C14H20FN3O/c1-9(10-4-2-5-10)17-8-11-6-3-7-12(13(11)15)14(16)18-19/h3,6-7,9-10,17,19H,2,4-5,8H2,1H3,(H2,16,18). The molecule has 1 unspecified atom stereocenters. The van der Waals surface area contributed by atoms with Gasteiger partial charge < -0.3 is 16.3 Å². The predicted molar refractivity (Wildman–Crippen MR) is 72.6 cm³/mol. The van der Waals surface area contributed by atoms with Gasteiger partial charge in [0.2, 0.25) is 0 Å². The van der Waals surface area contributed by atoms with Crippen LogP contribution in [0.15, 0.2) is 23.4 Å². The molecule has 1 aromatic carbocycles. The lowest BCUT2D eigenvalue weighted by Crippen LogP contribution is -2.36. The highest BCUT2D eigenvalue weighted by molar-refractivity contribution is 5.97. The predicted octanol–water partition coefficient (Wildman–Crippen LogP) is 2.20. The van der Waals surface area contributed by atoms with Crippen molar-refractivity contribution < 1.29 is 9.60 Å². The molecule has 4 N–H and O–H groups in total. The molecule has 0 amide bonds. The molecular formula is C14H20FN3O. The number of nitrogens with zero attached hydrogens (tertiary/aromatic N) is 1. The number of nitrogens with one attached hydrogen (secondary N) is 1. The van der Waals surface area contributed by atoms with Crippen LogP contribution in [0.3, 0.4) is 0 Å². The van der Waals surface area contributed by atoms with E-state index in [1.807, 2.05) is 0 Å². The minimum atomic E-state index is -0.425. The average Bonchev–Trinajstić information content (AvgIpc) is 2.34. The molecule has 0 saturated heterocycles. The second-order valence-corrected chi connectivity index (χ2v) is 5.12. The molecule has 2 rings (SSSR count). The molecule has 1 saturated carbocycles. The van der Waals surface area contributed by atoms with Crippen LogP contribution in [-0.2, 0) is 6.54 Å². The van der Waals surface area contributed by atoms with Crippen LogP contribution in [0.5, 0.6) is 0 Å². The summed E-state index contributed by atoms with van der Waals surface area (Å²) in [6.07, 6.45) is 3.80. The van der Waals surface area contributed by atoms with Crippen molar-refractivity contribution >= 4 is 5.84 Å². The Hall–Kier alpha value is -1.62. The Bertz CT molecular complexity index is 472. The fraction of sp³-hybridized carbons (Fsp3) is 0.500. The first-order valence-electron chi connectivity index (χ1n) is 6.62. The van der Waals surface area contributed by atoms with Gasteiger partial charge in [0.15, 0.2) is 5.84 Å². The Morgan fingerprint density at radius 3 is 2.89 bits per heavy atom. The molecule has 0 heterocycles. The Kier molecular flexibility index (Phi) is 4.37. The third-order valence-corrected chi connectivity index (χ3v) is 3.93. The van der Waals surface area contributed by atoms with Crippen LogP contribution in [0, 0.1) is 11.7 Å². The van der Waals surface area contributed by atoms with E-state index >= 15 is 0 Å². The zero-order chi connectivity index (χ0) is 13.8. The SMILES string of the molecule is CC(NCc1cccc(/C(N)=N/O)c1F)C1CCC1. The first-order chi connectivity index (χ1) is 9.13. The molecule has 104 valence electrons. The second-order valence-electron chi connectivity index (χ2n) is 5.12. The molecule has 1 aliphatic rings. The Balaban J connectivity index is 2.03. The van der Waals surface area contributed by atoms with E-state index in [2.05, 4.69) is 17.4 Å². The van der Waals surface area contributed by atoms with Crippen molar-refractivity contribution in [3.8, 4) is 0 Å². The van der Waals surface area contributed by atoms with E-state index in [4.69, 9.17) is 10.9 Å². The number of oxime groups is 1. The molecular weight excluding hydrogens is 245 g/mol. The summed E-state index contributed by atoms with van der Waals surface area (Å²) in [5.41, 5.74) is 6.11. The molecule has 1 atom stereocenters. The number of rotatable bonds is 5. The average molecular weight is 265 g/mol. The lowest BCUT2D eigenvalue weighted by molar-refractivity contribution is 0.239. The van der Waals surface area contributed by atoms with Gasteiger partial charge in [0.1, 0.15) is 5.82 Å². The van der Waals surface area contributed by atoms with Crippen LogP contribution < -0.4 is 11.1 Å². The van der Waals surface area contributed by atoms with E-state index in [0.717, 1.165) is 0 Å². The van der Waals surface area contributed by atoms with Gasteiger partial charge in [-0.2, -0.15) is 0 Å². The molecule has 1 aromatic rings. The number of hydrogen-bond acceptors (Lipinski definition) is 3. The fourth-order valence-corrected chi connectivity index (χ4v) is 2.35. The van der Waals surface area contributed by atoms with Gasteiger partial charge >= 0.3 is 0 Å². The van der Waals surface area contributed by atoms with Crippen molar-refractivity contribution in [2.45, 2.75) is 38.8 Å². The van der Waals surface area contributed by atoms with Crippen molar-refractivity contribution in [2.75, 3.05) is 0 Å². The Morgan fingerprint density at radius 2 is 2.32 bits per heavy atom. The quantitative estimate of drug-likeness (QED) is 0.331. The lowest BCUT2D eigenvalue weighted by atomic mass is 9.80. The maximum atomic E-state index is 14.1. The summed E-state index contributed by atoms with van der Waals surface area (Å²) in [5.74, 6) is 0.0767. The van der Waals surface area contributed by atoms with Crippen molar-refractivity contribution in [1.82, 2.24) is 5.32 Å². The third-order valence-electron chi connectivity index (χ3n) is 3.93. The van der Waals surface area contributed by atoms with E-state index in [1.165, 1.54) is 25.3 Å². The van der Waals surface area contributed by atoms with Gasteiger partial charge in [-0.3, -0.25) is 0 Å². The van der Waals surface area contributed by atoms with Crippen LogP contribution in [0.2, 0.25) is 0 Å². The fourth-order valence-electron chi connectivity index (χ4n) is 2.35. The molecule has 0 aromatic heterocycles. The summed E-state index contributed by atoms with van der Waals surface area (Å²) < 4.78 is 14.1. The Labute approximate surface area is 112 Å². The minimum Gasteiger partial charge on any atom is -0.409 e. The molecule has 0 radical (unpaired) electrons. The smallest absolute Gasteiger partial charge is 0.173 e. The normalized spacial score (nSPS) is 18.1. The van der Waals surface area contributed by atoms with Crippen molar-refractivity contribution in [2.24, 2.45) is 16.8 Å². The van der Waals surface area contributed by atoms with Gasteiger partial charge in [0.05, 0.1) is 5.56 Å². The van der Waals surface area contributed by atoms with Gasteiger partial charge in [0.25, 0.3) is 0 Å². The monoisotopic (exact) mass is 265 g/mol. The van der Waals surface area contributed by atoms with Crippen molar-refractivity contribution in [3.63, 3.8) is 0 Å². The summed E-state index contributed by atoms with van der Waals surface area (Å²) in [5, 5.41) is 14.8. The highest BCUT2D eigenvalue weighted by atomic mass is 19.1. The highest BCUT2D eigenvalue weighted by Gasteiger charge is 2.23. The van der Waals surface area contributed by atoms with E-state index in [0.29, 0.717) is 24.1 Å². The van der Waals surface area contributed by atoms with Crippen LogP contribution in [0.25, 0.3) is 0 Å². The zero-order valence-corrected chi connectivity index (χ0v) is 11.1. The highest BCUT2D eigenvalue weighted by Crippen LogP contribution is 2.29. The maximum absolute atomic E-state index is 14.1. The van der Waals surface area contributed by atoms with Crippen LogP contribution in [0.4, 0.5) is 4.39 Å². The largest absolute Gasteiger partial charge is 0.409 e. The number of halogens is 1. The zero-order valence-electron chi connectivity index (χ0n) is 11.1. The lowest BCUT2D eigenvalue weighted by Gasteiger charge is -2.32. The van der Waals surface area contributed by atoms with Crippen LogP contribution in [0.1, 0.15) is 37.3 Å². The Morgan fingerprint density at radius 1 is 1.58 bits per heavy atom. The van der Waals surface area contributed by atoms with E-state index < -0.39 is 5.82 Å². The summed E-state index contributed by atoms with van der Waals surface area (Å²) in [6.45, 7) is 2.59.